The molecule has 2 aromatic rings. The highest BCUT2D eigenvalue weighted by molar-refractivity contribution is 6.15. The third-order valence-corrected chi connectivity index (χ3v) is 8.23. The predicted molar refractivity (Wildman–Crippen MR) is 135 cm³/mol. The molecule has 0 amide bonds. The number of rotatable bonds is 7. The number of Topliss-reactive ketones (excluding diaryl/α,β-unsaturated/α-hetero) is 1. The van der Waals surface area contributed by atoms with Crippen LogP contribution in [0.3, 0.4) is 0 Å². The number of hydrogen-bond acceptors (Lipinski definition) is 8. The fourth-order valence-corrected chi connectivity index (χ4v) is 6.49. The molecule has 0 radical (unpaired) electrons. The molecule has 0 spiro atoms. The van der Waals surface area contributed by atoms with Crippen LogP contribution in [-0.4, -0.2) is 63.2 Å². The Morgan fingerprint density at radius 2 is 2.03 bits per heavy atom. The molecule has 0 saturated carbocycles. The molecule has 4 heterocycles. The lowest BCUT2D eigenvalue weighted by Gasteiger charge is -2.41. The number of benzene rings is 1. The van der Waals surface area contributed by atoms with Crippen LogP contribution in [0.15, 0.2) is 47.0 Å². The number of nitrogens with one attached hydrogen (secondary N) is 1. The summed E-state index contributed by atoms with van der Waals surface area (Å²) in [7, 11) is 4.57. The minimum atomic E-state index is -0.328. The van der Waals surface area contributed by atoms with E-state index in [-0.39, 0.29) is 29.6 Å². The van der Waals surface area contributed by atoms with Gasteiger partial charge in [0.05, 0.1) is 63.0 Å². The predicted octanol–water partition coefficient (Wildman–Crippen LogP) is 4.37. The van der Waals surface area contributed by atoms with Gasteiger partial charge >= 0.3 is 5.97 Å². The number of ether oxygens (including phenoxy) is 3. The van der Waals surface area contributed by atoms with Crippen LogP contribution in [0.25, 0.3) is 11.1 Å². The van der Waals surface area contributed by atoms with Gasteiger partial charge in [-0.3, -0.25) is 9.69 Å². The first-order chi connectivity index (χ1) is 17.5. The van der Waals surface area contributed by atoms with Crippen molar-refractivity contribution in [1.82, 2.24) is 4.90 Å². The van der Waals surface area contributed by atoms with E-state index in [1.165, 1.54) is 7.11 Å². The Morgan fingerprint density at radius 3 is 2.69 bits per heavy atom. The molecule has 0 aliphatic carbocycles. The highest BCUT2D eigenvalue weighted by Gasteiger charge is 2.48. The highest BCUT2D eigenvalue weighted by Crippen LogP contribution is 2.47. The molecule has 5 rings (SSSR count). The number of anilines is 1. The zero-order chi connectivity index (χ0) is 25.4. The maximum atomic E-state index is 13.7. The van der Waals surface area contributed by atoms with Crippen LogP contribution in [-0.2, 0) is 14.3 Å². The summed E-state index contributed by atoms with van der Waals surface area (Å²) in [5.74, 6) is 0.880. The molecule has 5 atom stereocenters. The van der Waals surface area contributed by atoms with Crippen LogP contribution in [0.4, 0.5) is 5.69 Å². The minimum absolute atomic E-state index is 0.0691. The lowest BCUT2D eigenvalue weighted by atomic mass is 9.76. The van der Waals surface area contributed by atoms with Gasteiger partial charge in [0.2, 0.25) is 0 Å². The summed E-state index contributed by atoms with van der Waals surface area (Å²) in [6.45, 7) is 3.89. The van der Waals surface area contributed by atoms with Crippen molar-refractivity contribution in [3.05, 3.63) is 48.1 Å². The zero-order valence-electron chi connectivity index (χ0n) is 21.3. The number of nitrogens with zero attached hydrogens (tertiary/aromatic N) is 1. The van der Waals surface area contributed by atoms with E-state index in [4.69, 9.17) is 18.6 Å². The van der Waals surface area contributed by atoms with Gasteiger partial charge in [-0.05, 0) is 42.9 Å². The Kier molecular flexibility index (Phi) is 6.79. The molecule has 0 bridgehead atoms. The second-order valence-corrected chi connectivity index (χ2v) is 9.98. The quantitative estimate of drug-likeness (QED) is 0.345. The van der Waals surface area contributed by atoms with Gasteiger partial charge in [0.25, 0.3) is 0 Å². The molecule has 1 aromatic heterocycles. The molecule has 2 fully saturated rings. The first-order valence-corrected chi connectivity index (χ1v) is 12.6. The first kappa shape index (κ1) is 24.4. The number of methoxy groups -OCH3 is 3. The molecule has 1 aromatic carbocycles. The van der Waals surface area contributed by atoms with Crippen molar-refractivity contribution in [2.45, 2.75) is 38.3 Å². The molecular weight excluding hydrogens is 460 g/mol. The Morgan fingerprint density at radius 1 is 1.19 bits per heavy atom. The second-order valence-electron chi connectivity index (χ2n) is 9.98. The van der Waals surface area contributed by atoms with Crippen molar-refractivity contribution in [2.24, 2.45) is 17.8 Å². The van der Waals surface area contributed by atoms with Crippen molar-refractivity contribution in [3.8, 4) is 16.9 Å². The van der Waals surface area contributed by atoms with Gasteiger partial charge in [-0.2, -0.15) is 0 Å². The fourth-order valence-electron chi connectivity index (χ4n) is 6.49. The van der Waals surface area contributed by atoms with Crippen LogP contribution in [0.2, 0.25) is 0 Å². The molecule has 3 aliphatic heterocycles. The standard InChI is InChI=1S/C28H34N2O6/c1-5-16-12-30-13-18(10-19(30)11-21(16)22(15-33-2)28(32)35-4)25-27(31)24-23(34-3)7-6-20(26(24)29-25)17-8-9-36-14-17/h6-9,14-16,18-19,21,25,29H,5,10-13H2,1-4H3/b22-15+/t16-,18?,19?,21+,25?/m1/s1. The van der Waals surface area contributed by atoms with Crippen LogP contribution in [0, 0.1) is 17.8 Å². The molecule has 3 unspecified atom stereocenters. The van der Waals surface area contributed by atoms with Crippen LogP contribution >= 0.6 is 0 Å². The van der Waals surface area contributed by atoms with Crippen LogP contribution < -0.4 is 10.1 Å². The average molecular weight is 495 g/mol. The number of furan rings is 1. The highest BCUT2D eigenvalue weighted by atomic mass is 16.5. The number of carbonyl (C=O) groups is 2. The number of esters is 1. The van der Waals surface area contributed by atoms with E-state index >= 15 is 0 Å². The maximum absolute atomic E-state index is 13.7. The number of hydrogen-bond donors (Lipinski definition) is 1. The van der Waals surface area contributed by atoms with Gasteiger partial charge in [0.1, 0.15) is 5.75 Å². The zero-order valence-corrected chi connectivity index (χ0v) is 21.3. The summed E-state index contributed by atoms with van der Waals surface area (Å²) in [5.41, 5.74) is 3.89. The largest absolute Gasteiger partial charge is 0.504 e. The van der Waals surface area contributed by atoms with Crippen molar-refractivity contribution >= 4 is 17.4 Å². The summed E-state index contributed by atoms with van der Waals surface area (Å²) in [4.78, 5) is 28.8. The first-order valence-electron chi connectivity index (χ1n) is 12.6. The number of piperidine rings is 1. The summed E-state index contributed by atoms with van der Waals surface area (Å²) in [5, 5.41) is 3.57. The average Bonchev–Trinajstić information content (AvgIpc) is 3.64. The van der Waals surface area contributed by atoms with Gasteiger partial charge in [-0.1, -0.05) is 13.3 Å². The van der Waals surface area contributed by atoms with Crippen molar-refractivity contribution in [2.75, 3.05) is 39.7 Å². The third-order valence-electron chi connectivity index (χ3n) is 8.23. The molecule has 8 nitrogen and oxygen atoms in total. The van der Waals surface area contributed by atoms with Gasteiger partial charge in [0.15, 0.2) is 5.78 Å². The van der Waals surface area contributed by atoms with E-state index in [0.29, 0.717) is 28.8 Å². The summed E-state index contributed by atoms with van der Waals surface area (Å²) in [6, 6.07) is 5.70. The van der Waals surface area contributed by atoms with E-state index in [2.05, 4.69) is 17.1 Å². The normalized spacial score (nSPS) is 27.8. The molecule has 36 heavy (non-hydrogen) atoms. The van der Waals surface area contributed by atoms with E-state index in [9.17, 15) is 9.59 Å². The van der Waals surface area contributed by atoms with Crippen LogP contribution in [0.1, 0.15) is 36.5 Å². The summed E-state index contributed by atoms with van der Waals surface area (Å²) in [6.07, 6.45) is 7.55. The van der Waals surface area contributed by atoms with Gasteiger partial charge < -0.3 is 23.9 Å². The van der Waals surface area contributed by atoms with Gasteiger partial charge in [-0.15, -0.1) is 0 Å². The van der Waals surface area contributed by atoms with Gasteiger partial charge in [-0.25, -0.2) is 4.79 Å². The summed E-state index contributed by atoms with van der Waals surface area (Å²) >= 11 is 0. The van der Waals surface area contributed by atoms with Crippen molar-refractivity contribution in [3.63, 3.8) is 0 Å². The molecule has 8 heteroatoms. The second kappa shape index (κ2) is 10.0. The topological polar surface area (TPSA) is 90.2 Å². The van der Waals surface area contributed by atoms with Crippen LogP contribution in [0.5, 0.6) is 5.75 Å². The number of carbonyl (C=O) groups excluding carboxylic acids is 2. The molecule has 2 saturated heterocycles. The van der Waals surface area contributed by atoms with E-state index in [1.807, 2.05) is 18.2 Å². The Balaban J connectivity index is 1.39. The van der Waals surface area contributed by atoms with Gasteiger partial charge in [0, 0.05) is 36.2 Å². The number of ketones is 1. The molecule has 3 aliphatic rings. The molecule has 192 valence electrons. The summed E-state index contributed by atoms with van der Waals surface area (Å²) < 4.78 is 21.2. The fraction of sp³-hybridized carbons (Fsp3) is 0.500. The third kappa shape index (κ3) is 4.07. The lowest BCUT2D eigenvalue weighted by molar-refractivity contribution is -0.137. The minimum Gasteiger partial charge on any atom is -0.504 e. The van der Waals surface area contributed by atoms with Crippen molar-refractivity contribution in [1.29, 1.82) is 0 Å². The van der Waals surface area contributed by atoms with E-state index in [1.54, 1.807) is 33.0 Å². The molecule has 1 N–H and O–H groups in total. The van der Waals surface area contributed by atoms with Crippen molar-refractivity contribution < 1.29 is 28.2 Å². The smallest absolute Gasteiger partial charge is 0.337 e. The maximum Gasteiger partial charge on any atom is 0.337 e. The SMILES string of the molecule is CC[C@@H]1CN2CC(C3Nc4c(-c5ccoc5)ccc(OC)c4C3=O)CC2C[C@@H]1/C(=C\OC)C(=O)OC. The molecular formula is C28H34N2O6. The van der Waals surface area contributed by atoms with E-state index in [0.717, 1.165) is 49.2 Å². The monoisotopic (exact) mass is 494 g/mol. The number of fused-ring (bicyclic) bond motifs is 2. The lowest BCUT2D eigenvalue weighted by Crippen LogP contribution is -2.45. The van der Waals surface area contributed by atoms with E-state index < -0.39 is 0 Å². The Hall–Kier alpha value is -3.26. The Labute approximate surface area is 211 Å². The Bertz CT molecular complexity index is 1160.